The van der Waals surface area contributed by atoms with Crippen LogP contribution in [0.25, 0.3) is 0 Å². The molecule has 2 rings (SSSR count). The van der Waals surface area contributed by atoms with E-state index in [1.54, 1.807) is 13.0 Å². The second-order valence-corrected chi connectivity index (χ2v) is 6.45. The van der Waals surface area contributed by atoms with Gasteiger partial charge in [-0.1, -0.05) is 36.4 Å². The van der Waals surface area contributed by atoms with Crippen LogP contribution in [-0.2, 0) is 22.3 Å². The number of halogens is 3. The summed E-state index contributed by atoms with van der Waals surface area (Å²) in [4.78, 5) is 15.5. The number of ether oxygens (including phenoxy) is 3. The van der Waals surface area contributed by atoms with Crippen LogP contribution in [0.1, 0.15) is 35.0 Å². The van der Waals surface area contributed by atoms with E-state index in [1.165, 1.54) is 0 Å². The highest BCUT2D eigenvalue weighted by atomic mass is 19.4. The Balaban J connectivity index is 2.29. The van der Waals surface area contributed by atoms with Gasteiger partial charge in [0.05, 0.1) is 25.5 Å². The summed E-state index contributed by atoms with van der Waals surface area (Å²) in [6.07, 6.45) is -4.33. The fraction of sp³-hybridized carbons (Fsp3) is 0.333. The van der Waals surface area contributed by atoms with E-state index < -0.39 is 47.2 Å². The zero-order valence-corrected chi connectivity index (χ0v) is 16.6. The van der Waals surface area contributed by atoms with Crippen molar-refractivity contribution in [1.29, 1.82) is 0 Å². The molecular weight excluding hydrogens is 401 g/mol. The van der Waals surface area contributed by atoms with Crippen LogP contribution in [0.3, 0.4) is 0 Å². The number of methoxy groups -OCH3 is 1. The lowest BCUT2D eigenvalue weighted by Gasteiger charge is -2.25. The molecule has 9 heteroatoms. The summed E-state index contributed by atoms with van der Waals surface area (Å²) in [6, 6.07) is 9.90. The third-order valence-electron chi connectivity index (χ3n) is 4.23. The molecule has 6 nitrogen and oxygen atoms in total. The lowest BCUT2D eigenvalue weighted by atomic mass is 10.1. The summed E-state index contributed by atoms with van der Waals surface area (Å²) in [5.74, 6) is -1.75. The number of hydrogen-bond acceptors (Lipinski definition) is 6. The first-order chi connectivity index (χ1) is 14.2. The molecule has 2 aromatic rings. The SMILES string of the molecule is C=CCC(OCc1ccccc1)[C@@H](C)Oc1nc(C(=O)OC)c(N)cc1C(F)(F)F. The van der Waals surface area contributed by atoms with Gasteiger partial charge in [-0.2, -0.15) is 13.2 Å². The number of carbonyl (C=O) groups excluding carboxylic acids is 1. The lowest BCUT2D eigenvalue weighted by Crippen LogP contribution is -2.32. The molecule has 0 spiro atoms. The van der Waals surface area contributed by atoms with Crippen molar-refractivity contribution in [2.75, 3.05) is 12.8 Å². The van der Waals surface area contributed by atoms with Crippen LogP contribution in [0.4, 0.5) is 18.9 Å². The molecule has 0 fully saturated rings. The molecule has 1 heterocycles. The van der Waals surface area contributed by atoms with E-state index in [2.05, 4.69) is 16.3 Å². The Morgan fingerprint density at radius 2 is 1.97 bits per heavy atom. The van der Waals surface area contributed by atoms with Crippen molar-refractivity contribution in [1.82, 2.24) is 4.98 Å². The van der Waals surface area contributed by atoms with Gasteiger partial charge < -0.3 is 19.9 Å². The van der Waals surface area contributed by atoms with Crippen LogP contribution in [0.15, 0.2) is 49.1 Å². The maximum absolute atomic E-state index is 13.5. The number of nitrogen functional groups attached to an aromatic ring is 1. The van der Waals surface area contributed by atoms with E-state index in [0.717, 1.165) is 12.7 Å². The first-order valence-electron chi connectivity index (χ1n) is 9.06. The molecule has 30 heavy (non-hydrogen) atoms. The summed E-state index contributed by atoms with van der Waals surface area (Å²) in [5.41, 5.74) is 4.34. The molecule has 1 aromatic carbocycles. The molecule has 2 N–H and O–H groups in total. The molecule has 1 aromatic heterocycles. The number of nitrogens with two attached hydrogens (primary N) is 1. The topological polar surface area (TPSA) is 83.7 Å². The van der Waals surface area contributed by atoms with Crippen LogP contribution < -0.4 is 10.5 Å². The second kappa shape index (κ2) is 10.1. The number of anilines is 1. The molecule has 0 amide bonds. The third-order valence-corrected chi connectivity index (χ3v) is 4.23. The Bertz CT molecular complexity index is 873. The highest BCUT2D eigenvalue weighted by Gasteiger charge is 2.38. The van der Waals surface area contributed by atoms with E-state index >= 15 is 0 Å². The van der Waals surface area contributed by atoms with Crippen LogP contribution >= 0.6 is 0 Å². The van der Waals surface area contributed by atoms with Crippen LogP contribution in [-0.4, -0.2) is 30.3 Å². The van der Waals surface area contributed by atoms with Crippen LogP contribution in [0.2, 0.25) is 0 Å². The molecule has 0 bridgehead atoms. The summed E-state index contributed by atoms with van der Waals surface area (Å²) >= 11 is 0. The molecule has 0 radical (unpaired) electrons. The van der Waals surface area contributed by atoms with Gasteiger partial charge in [-0.3, -0.25) is 0 Å². The van der Waals surface area contributed by atoms with E-state index in [1.807, 2.05) is 30.3 Å². The van der Waals surface area contributed by atoms with Gasteiger partial charge in [0.1, 0.15) is 11.7 Å². The van der Waals surface area contributed by atoms with Crippen molar-refractivity contribution in [3.63, 3.8) is 0 Å². The largest absolute Gasteiger partial charge is 0.471 e. The van der Waals surface area contributed by atoms with Crippen molar-refractivity contribution in [2.45, 2.75) is 38.3 Å². The van der Waals surface area contributed by atoms with Crippen molar-refractivity contribution >= 4 is 11.7 Å². The van der Waals surface area contributed by atoms with Crippen LogP contribution in [0, 0.1) is 0 Å². The molecule has 1 unspecified atom stereocenters. The van der Waals surface area contributed by atoms with E-state index in [9.17, 15) is 18.0 Å². The van der Waals surface area contributed by atoms with Crippen molar-refractivity contribution in [2.24, 2.45) is 0 Å². The Hall–Kier alpha value is -3.07. The predicted molar refractivity (Wildman–Crippen MR) is 105 cm³/mol. The maximum Gasteiger partial charge on any atom is 0.421 e. The molecule has 0 saturated carbocycles. The minimum Gasteiger partial charge on any atom is -0.471 e. The normalized spacial score (nSPS) is 13.4. The maximum atomic E-state index is 13.5. The number of aromatic nitrogens is 1. The molecule has 2 atom stereocenters. The predicted octanol–water partition coefficient (Wildman–Crippen LogP) is 4.40. The van der Waals surface area contributed by atoms with Crippen molar-refractivity contribution in [3.8, 4) is 5.88 Å². The minimum atomic E-state index is -4.79. The van der Waals surface area contributed by atoms with Gasteiger partial charge in [-0.15, -0.1) is 6.58 Å². The highest BCUT2D eigenvalue weighted by molar-refractivity contribution is 5.93. The average Bonchev–Trinajstić information content (AvgIpc) is 2.71. The number of esters is 1. The molecule has 0 aliphatic rings. The van der Waals surface area contributed by atoms with Crippen molar-refractivity contribution < 1.29 is 32.2 Å². The molecule has 162 valence electrons. The van der Waals surface area contributed by atoms with E-state index in [0.29, 0.717) is 12.5 Å². The smallest absolute Gasteiger partial charge is 0.421 e. The fourth-order valence-corrected chi connectivity index (χ4v) is 2.65. The Labute approximate surface area is 172 Å². The number of rotatable bonds is 9. The van der Waals surface area contributed by atoms with Gasteiger partial charge in [0.25, 0.3) is 0 Å². The summed E-state index contributed by atoms with van der Waals surface area (Å²) in [7, 11) is 1.07. The van der Waals surface area contributed by atoms with Gasteiger partial charge in [0.2, 0.25) is 5.88 Å². The highest BCUT2D eigenvalue weighted by Crippen LogP contribution is 2.38. The summed E-state index contributed by atoms with van der Waals surface area (Å²) < 4.78 is 56.3. The third kappa shape index (κ3) is 5.96. The molecular formula is C21H23F3N2O4. The number of pyridine rings is 1. The summed E-state index contributed by atoms with van der Waals surface area (Å²) in [5, 5.41) is 0. The van der Waals surface area contributed by atoms with Crippen molar-refractivity contribution in [3.05, 3.63) is 65.9 Å². The second-order valence-electron chi connectivity index (χ2n) is 6.45. The first-order valence-corrected chi connectivity index (χ1v) is 9.06. The monoisotopic (exact) mass is 424 g/mol. The van der Waals surface area contributed by atoms with E-state index in [4.69, 9.17) is 15.2 Å². The first kappa shape index (κ1) is 23.2. The van der Waals surface area contributed by atoms with Gasteiger partial charge in [-0.25, -0.2) is 9.78 Å². The average molecular weight is 424 g/mol. The number of hydrogen-bond donors (Lipinski definition) is 1. The van der Waals surface area contributed by atoms with Crippen LogP contribution in [0.5, 0.6) is 5.88 Å². The number of alkyl halides is 3. The minimum absolute atomic E-state index is 0.238. The standard InChI is InChI=1S/C21H23F3N2O4/c1-4-8-17(29-12-14-9-6-5-7-10-14)13(2)30-19-15(21(22,23)24)11-16(25)18(26-19)20(27)28-3/h4-7,9-11,13,17H,1,8,12,25H2,2-3H3/t13-,17?/m1/s1. The lowest BCUT2D eigenvalue weighted by molar-refractivity contribution is -0.140. The van der Waals surface area contributed by atoms with Gasteiger partial charge in [-0.05, 0) is 25.0 Å². The quantitative estimate of drug-likeness (QED) is 0.475. The zero-order valence-electron chi connectivity index (χ0n) is 16.6. The Morgan fingerprint density at radius 1 is 1.30 bits per heavy atom. The number of benzene rings is 1. The number of carbonyl (C=O) groups is 1. The number of nitrogens with zero attached hydrogens (tertiary/aromatic N) is 1. The van der Waals surface area contributed by atoms with Gasteiger partial charge in [0.15, 0.2) is 5.69 Å². The Morgan fingerprint density at radius 3 is 2.53 bits per heavy atom. The van der Waals surface area contributed by atoms with E-state index in [-0.39, 0.29) is 6.61 Å². The fourth-order valence-electron chi connectivity index (χ4n) is 2.65. The van der Waals surface area contributed by atoms with Gasteiger partial charge in [0, 0.05) is 0 Å². The molecule has 0 aliphatic carbocycles. The van der Waals surface area contributed by atoms with Gasteiger partial charge >= 0.3 is 12.1 Å². The summed E-state index contributed by atoms with van der Waals surface area (Å²) in [6.45, 7) is 5.44. The Kier molecular flexibility index (Phi) is 7.82. The zero-order chi connectivity index (χ0) is 22.3. The molecule has 0 saturated heterocycles. The molecule has 0 aliphatic heterocycles.